The standard InChI is InChI=1S/C20H18N4O3S2/c1-2-11-29(26,27)23-15-6-3-5-14(12-15)16-8-9-21-20-18(22-13-24(16)20)19(25)17-7-4-10-28-17/h3-10,12-13,23H,2,11H2,1H3. The molecule has 4 rings (SSSR count). The molecule has 0 aliphatic heterocycles. The van der Waals surface area contributed by atoms with Gasteiger partial charge in [0, 0.05) is 17.4 Å². The molecule has 3 heterocycles. The minimum absolute atomic E-state index is 0.0619. The molecule has 0 fully saturated rings. The topological polar surface area (TPSA) is 93.4 Å². The van der Waals surface area contributed by atoms with Crippen molar-refractivity contribution in [3.8, 4) is 11.3 Å². The van der Waals surface area contributed by atoms with Gasteiger partial charge in [0.2, 0.25) is 15.8 Å². The van der Waals surface area contributed by atoms with E-state index in [1.165, 1.54) is 11.3 Å². The number of nitrogens with zero attached hydrogens (tertiary/aromatic N) is 3. The van der Waals surface area contributed by atoms with Gasteiger partial charge in [-0.2, -0.15) is 0 Å². The average Bonchev–Trinajstić information content (AvgIpc) is 3.37. The van der Waals surface area contributed by atoms with Crippen molar-refractivity contribution in [3.05, 3.63) is 70.9 Å². The van der Waals surface area contributed by atoms with Crippen LogP contribution in [0.15, 0.2) is 60.4 Å². The fourth-order valence-corrected chi connectivity index (χ4v) is 4.85. The molecular formula is C20H18N4O3S2. The number of imidazole rings is 1. The monoisotopic (exact) mass is 426 g/mol. The molecule has 9 heteroatoms. The molecule has 0 spiro atoms. The normalized spacial score (nSPS) is 11.6. The van der Waals surface area contributed by atoms with Gasteiger partial charge in [-0.1, -0.05) is 25.1 Å². The number of thiophene rings is 1. The molecular weight excluding hydrogens is 408 g/mol. The van der Waals surface area contributed by atoms with E-state index < -0.39 is 10.0 Å². The number of sulfonamides is 1. The van der Waals surface area contributed by atoms with Crippen LogP contribution >= 0.6 is 11.3 Å². The Balaban J connectivity index is 1.74. The first kappa shape index (κ1) is 19.3. The highest BCUT2D eigenvalue weighted by atomic mass is 32.2. The highest BCUT2D eigenvalue weighted by Crippen LogP contribution is 2.25. The minimum Gasteiger partial charge on any atom is -0.286 e. The molecule has 0 saturated heterocycles. The van der Waals surface area contributed by atoms with Gasteiger partial charge < -0.3 is 0 Å². The van der Waals surface area contributed by atoms with Crippen LogP contribution in [0, 0.1) is 0 Å². The number of rotatable bonds is 7. The molecule has 4 aromatic rings. The Labute approximate surface area is 172 Å². The first-order chi connectivity index (χ1) is 14.0. The van der Waals surface area contributed by atoms with Gasteiger partial charge in [0.15, 0.2) is 11.3 Å². The van der Waals surface area contributed by atoms with Crippen LogP contribution in [0.2, 0.25) is 0 Å². The second kappa shape index (κ2) is 7.76. The number of aromatic nitrogens is 3. The number of anilines is 1. The summed E-state index contributed by atoms with van der Waals surface area (Å²) < 4.78 is 28.5. The third-order valence-electron chi connectivity index (χ3n) is 4.30. The van der Waals surface area contributed by atoms with Gasteiger partial charge in [-0.05, 0) is 36.1 Å². The number of benzene rings is 1. The zero-order valence-corrected chi connectivity index (χ0v) is 17.2. The van der Waals surface area contributed by atoms with Gasteiger partial charge in [0.1, 0.15) is 6.33 Å². The summed E-state index contributed by atoms with van der Waals surface area (Å²) in [4.78, 5) is 21.9. The Morgan fingerprint density at radius 3 is 2.79 bits per heavy atom. The lowest BCUT2D eigenvalue weighted by Crippen LogP contribution is -2.16. The van der Waals surface area contributed by atoms with E-state index in [9.17, 15) is 13.2 Å². The van der Waals surface area contributed by atoms with Crippen molar-refractivity contribution in [1.29, 1.82) is 0 Å². The van der Waals surface area contributed by atoms with Crippen molar-refractivity contribution in [2.75, 3.05) is 10.5 Å². The van der Waals surface area contributed by atoms with E-state index in [1.54, 1.807) is 47.3 Å². The molecule has 0 amide bonds. The molecule has 7 nitrogen and oxygen atoms in total. The third-order valence-corrected chi connectivity index (χ3v) is 6.66. The van der Waals surface area contributed by atoms with Gasteiger partial charge in [0.25, 0.3) is 0 Å². The van der Waals surface area contributed by atoms with E-state index in [2.05, 4.69) is 14.7 Å². The van der Waals surface area contributed by atoms with Crippen molar-refractivity contribution < 1.29 is 13.2 Å². The average molecular weight is 427 g/mol. The van der Waals surface area contributed by atoms with Crippen LogP contribution in [0.4, 0.5) is 5.69 Å². The Kier molecular flexibility index (Phi) is 5.16. The fourth-order valence-electron chi connectivity index (χ4n) is 3.06. The zero-order valence-electron chi connectivity index (χ0n) is 15.6. The highest BCUT2D eigenvalue weighted by Gasteiger charge is 2.19. The molecule has 0 unspecified atom stereocenters. The highest BCUT2D eigenvalue weighted by molar-refractivity contribution is 7.92. The van der Waals surface area contributed by atoms with Crippen LogP contribution in [0.1, 0.15) is 28.7 Å². The van der Waals surface area contributed by atoms with Crippen molar-refractivity contribution in [1.82, 2.24) is 14.4 Å². The lowest BCUT2D eigenvalue weighted by Gasteiger charge is -2.10. The molecule has 148 valence electrons. The molecule has 0 saturated carbocycles. The van der Waals surface area contributed by atoms with E-state index in [-0.39, 0.29) is 17.2 Å². The van der Waals surface area contributed by atoms with Gasteiger partial charge in [-0.3, -0.25) is 13.9 Å². The van der Waals surface area contributed by atoms with Crippen molar-refractivity contribution in [2.24, 2.45) is 0 Å². The molecule has 3 aromatic heterocycles. The number of hydrogen-bond donors (Lipinski definition) is 1. The maximum Gasteiger partial charge on any atom is 0.232 e. The van der Waals surface area contributed by atoms with Crippen LogP contribution in [0.3, 0.4) is 0 Å². The summed E-state index contributed by atoms with van der Waals surface area (Å²) in [6, 6.07) is 12.5. The summed E-state index contributed by atoms with van der Waals surface area (Å²) in [5.41, 5.74) is 2.76. The first-order valence-electron chi connectivity index (χ1n) is 8.99. The molecule has 29 heavy (non-hydrogen) atoms. The van der Waals surface area contributed by atoms with Crippen LogP contribution in [0.5, 0.6) is 0 Å². The lowest BCUT2D eigenvalue weighted by molar-refractivity contribution is 0.103. The Morgan fingerprint density at radius 1 is 1.17 bits per heavy atom. The molecule has 0 aliphatic carbocycles. The first-order valence-corrected chi connectivity index (χ1v) is 11.5. The van der Waals surface area contributed by atoms with Crippen LogP contribution in [-0.4, -0.2) is 34.3 Å². The Morgan fingerprint density at radius 2 is 2.03 bits per heavy atom. The Bertz CT molecular complexity index is 1280. The fraction of sp³-hybridized carbons (Fsp3) is 0.150. The molecule has 1 N–H and O–H groups in total. The van der Waals surface area contributed by atoms with E-state index >= 15 is 0 Å². The number of nitrogens with one attached hydrogen (secondary N) is 1. The maximum atomic E-state index is 12.7. The summed E-state index contributed by atoms with van der Waals surface area (Å²) in [5.74, 6) is -0.111. The lowest BCUT2D eigenvalue weighted by atomic mass is 10.1. The van der Waals surface area contributed by atoms with Crippen LogP contribution < -0.4 is 4.72 Å². The third kappa shape index (κ3) is 3.92. The molecule has 1 aromatic carbocycles. The van der Waals surface area contributed by atoms with Crippen LogP contribution in [-0.2, 0) is 10.0 Å². The van der Waals surface area contributed by atoms with Crippen molar-refractivity contribution in [3.63, 3.8) is 0 Å². The van der Waals surface area contributed by atoms with Gasteiger partial charge >= 0.3 is 0 Å². The molecule has 0 radical (unpaired) electrons. The van der Waals surface area contributed by atoms with Gasteiger partial charge in [0.05, 0.1) is 16.3 Å². The largest absolute Gasteiger partial charge is 0.286 e. The van der Waals surface area contributed by atoms with Gasteiger partial charge in [-0.15, -0.1) is 11.3 Å². The SMILES string of the molecule is CCCS(=O)(=O)Nc1cccc(-c2ccnc3c(C(=O)c4cccs4)ncn23)c1. The van der Waals surface area contributed by atoms with E-state index in [1.807, 2.05) is 24.4 Å². The van der Waals surface area contributed by atoms with E-state index in [0.717, 1.165) is 11.3 Å². The van der Waals surface area contributed by atoms with Crippen molar-refractivity contribution >= 4 is 38.5 Å². The van der Waals surface area contributed by atoms with E-state index in [0.29, 0.717) is 22.6 Å². The quantitative estimate of drug-likeness (QED) is 0.453. The summed E-state index contributed by atoms with van der Waals surface area (Å²) in [6.45, 7) is 1.82. The predicted octanol–water partition coefficient (Wildman–Crippen LogP) is 3.84. The molecule has 0 atom stereocenters. The van der Waals surface area contributed by atoms with Crippen LogP contribution in [0.25, 0.3) is 16.9 Å². The summed E-state index contributed by atoms with van der Waals surface area (Å²) in [6.07, 6.45) is 3.72. The summed E-state index contributed by atoms with van der Waals surface area (Å²) in [5, 5.41) is 1.84. The summed E-state index contributed by atoms with van der Waals surface area (Å²) >= 11 is 1.36. The Hall–Kier alpha value is -3.04. The number of carbonyl (C=O) groups is 1. The maximum absolute atomic E-state index is 12.7. The predicted molar refractivity (Wildman–Crippen MR) is 114 cm³/mol. The molecule has 0 aliphatic rings. The van der Waals surface area contributed by atoms with E-state index in [4.69, 9.17) is 0 Å². The number of hydrogen-bond acceptors (Lipinski definition) is 6. The summed E-state index contributed by atoms with van der Waals surface area (Å²) in [7, 11) is -3.38. The second-order valence-electron chi connectivity index (χ2n) is 6.43. The smallest absolute Gasteiger partial charge is 0.232 e. The number of ketones is 1. The molecule has 0 bridgehead atoms. The van der Waals surface area contributed by atoms with Crippen molar-refractivity contribution in [2.45, 2.75) is 13.3 Å². The zero-order chi connectivity index (χ0) is 20.4. The number of carbonyl (C=O) groups excluding carboxylic acids is 1. The minimum atomic E-state index is -3.38. The van der Waals surface area contributed by atoms with Gasteiger partial charge in [-0.25, -0.2) is 18.4 Å². The second-order valence-corrected chi connectivity index (χ2v) is 9.21. The number of fused-ring (bicyclic) bond motifs is 1.